The molecule has 0 spiro atoms. The van der Waals surface area contributed by atoms with Gasteiger partial charge in [-0.1, -0.05) is 17.3 Å². The van der Waals surface area contributed by atoms with Gasteiger partial charge in [0, 0.05) is 12.7 Å². The molecule has 1 N–H and O–H groups in total. The molecule has 0 saturated heterocycles. The first-order valence-corrected chi connectivity index (χ1v) is 7.57. The molecule has 3 rings (SSSR count). The second-order valence-electron chi connectivity index (χ2n) is 5.27. The molecule has 7 heteroatoms. The van der Waals surface area contributed by atoms with Gasteiger partial charge >= 0.3 is 0 Å². The third-order valence-corrected chi connectivity index (χ3v) is 3.49. The first-order chi connectivity index (χ1) is 11.7. The van der Waals surface area contributed by atoms with Gasteiger partial charge in [0.05, 0.1) is 29.8 Å². The van der Waals surface area contributed by atoms with Crippen molar-refractivity contribution in [1.82, 2.24) is 25.3 Å². The zero-order chi connectivity index (χ0) is 16.8. The fraction of sp³-hybridized carbons (Fsp3) is 0.176. The predicted octanol–water partition coefficient (Wildman–Crippen LogP) is 2.16. The van der Waals surface area contributed by atoms with E-state index in [4.69, 9.17) is 0 Å². The highest BCUT2D eigenvalue weighted by Gasteiger charge is 2.08. The Hall–Kier alpha value is -3.09. The number of nitrogens with one attached hydrogen (secondary N) is 1. The first-order valence-electron chi connectivity index (χ1n) is 7.57. The Morgan fingerprint density at radius 1 is 1.25 bits per heavy atom. The van der Waals surface area contributed by atoms with Gasteiger partial charge in [0.1, 0.15) is 5.82 Å². The van der Waals surface area contributed by atoms with Crippen LogP contribution in [0.15, 0.2) is 55.1 Å². The summed E-state index contributed by atoms with van der Waals surface area (Å²) in [5.74, 6) is -0.448. The Morgan fingerprint density at radius 2 is 2.17 bits per heavy atom. The van der Waals surface area contributed by atoms with Gasteiger partial charge in [-0.05, 0) is 36.6 Å². The van der Waals surface area contributed by atoms with Crippen molar-refractivity contribution < 1.29 is 9.18 Å². The number of aromatic nitrogens is 4. The number of amides is 1. The molecule has 0 radical (unpaired) electrons. The summed E-state index contributed by atoms with van der Waals surface area (Å²) < 4.78 is 14.6. The van der Waals surface area contributed by atoms with Crippen LogP contribution >= 0.6 is 0 Å². The number of aryl methyl sites for hydroxylation is 1. The van der Waals surface area contributed by atoms with Crippen molar-refractivity contribution in [3.63, 3.8) is 0 Å². The molecule has 0 atom stereocenters. The zero-order valence-electron chi connectivity index (χ0n) is 12.9. The minimum Gasteiger partial charge on any atom is -0.352 e. The maximum Gasteiger partial charge on any atom is 0.252 e. The van der Waals surface area contributed by atoms with Gasteiger partial charge in [-0.25, -0.2) is 9.07 Å². The molecule has 0 aliphatic heterocycles. The SMILES string of the molecule is O=C(NCCCc1cccc(F)c1)c1cncc(-n2ccnn2)c1. The highest BCUT2D eigenvalue weighted by Crippen LogP contribution is 2.08. The third kappa shape index (κ3) is 4.01. The average Bonchev–Trinajstić information content (AvgIpc) is 3.13. The molecule has 122 valence electrons. The minimum atomic E-state index is -0.243. The van der Waals surface area contributed by atoms with Gasteiger partial charge in [-0.2, -0.15) is 0 Å². The number of hydrogen-bond acceptors (Lipinski definition) is 4. The fourth-order valence-corrected chi connectivity index (χ4v) is 2.31. The fourth-order valence-electron chi connectivity index (χ4n) is 2.31. The smallest absolute Gasteiger partial charge is 0.252 e. The number of nitrogens with zero attached hydrogens (tertiary/aromatic N) is 4. The number of halogens is 1. The van der Waals surface area contributed by atoms with Crippen LogP contribution in [-0.2, 0) is 6.42 Å². The van der Waals surface area contributed by atoms with Crippen LogP contribution in [0.25, 0.3) is 5.69 Å². The van der Waals surface area contributed by atoms with Gasteiger partial charge in [0.2, 0.25) is 0 Å². The molecular weight excluding hydrogens is 309 g/mol. The van der Waals surface area contributed by atoms with Crippen LogP contribution in [0.4, 0.5) is 4.39 Å². The Kier molecular flexibility index (Phi) is 4.90. The van der Waals surface area contributed by atoms with Crippen LogP contribution < -0.4 is 5.32 Å². The lowest BCUT2D eigenvalue weighted by Crippen LogP contribution is -2.25. The Balaban J connectivity index is 1.53. The van der Waals surface area contributed by atoms with Gasteiger partial charge in [0.15, 0.2) is 0 Å². The van der Waals surface area contributed by atoms with Crippen LogP contribution in [0, 0.1) is 5.82 Å². The largest absolute Gasteiger partial charge is 0.352 e. The lowest BCUT2D eigenvalue weighted by Gasteiger charge is -2.07. The number of rotatable bonds is 6. The Bertz CT molecular complexity index is 819. The van der Waals surface area contributed by atoms with Crippen LogP contribution in [0.5, 0.6) is 0 Å². The van der Waals surface area contributed by atoms with Gasteiger partial charge < -0.3 is 5.32 Å². The molecule has 3 aromatic rings. The summed E-state index contributed by atoms with van der Waals surface area (Å²) in [7, 11) is 0. The molecule has 0 bridgehead atoms. The summed E-state index contributed by atoms with van der Waals surface area (Å²) in [5, 5.41) is 10.4. The summed E-state index contributed by atoms with van der Waals surface area (Å²) >= 11 is 0. The van der Waals surface area contributed by atoms with Gasteiger partial charge in [-0.3, -0.25) is 9.78 Å². The number of carbonyl (C=O) groups excluding carboxylic acids is 1. The van der Waals surface area contributed by atoms with Crippen molar-refractivity contribution in [3.8, 4) is 5.69 Å². The first kappa shape index (κ1) is 15.8. The molecule has 0 fully saturated rings. The zero-order valence-corrected chi connectivity index (χ0v) is 12.9. The summed E-state index contributed by atoms with van der Waals surface area (Å²) in [6.07, 6.45) is 7.77. The Morgan fingerprint density at radius 3 is 2.96 bits per heavy atom. The van der Waals surface area contributed by atoms with E-state index in [0.717, 1.165) is 12.0 Å². The van der Waals surface area contributed by atoms with E-state index in [1.54, 1.807) is 30.7 Å². The lowest BCUT2D eigenvalue weighted by atomic mass is 10.1. The van der Waals surface area contributed by atoms with Crippen LogP contribution in [0.2, 0.25) is 0 Å². The second-order valence-corrected chi connectivity index (χ2v) is 5.27. The molecule has 2 heterocycles. The summed E-state index contributed by atoms with van der Waals surface area (Å²) in [5.41, 5.74) is 2.03. The quantitative estimate of drug-likeness (QED) is 0.705. The molecule has 0 aliphatic rings. The van der Waals surface area contributed by atoms with E-state index in [-0.39, 0.29) is 11.7 Å². The Labute approximate surface area is 138 Å². The predicted molar refractivity (Wildman–Crippen MR) is 86.2 cm³/mol. The van der Waals surface area contributed by atoms with Gasteiger partial charge in [-0.15, -0.1) is 5.10 Å². The molecule has 0 unspecified atom stereocenters. The van der Waals surface area contributed by atoms with E-state index in [1.165, 1.54) is 23.0 Å². The molecule has 1 amide bonds. The highest BCUT2D eigenvalue weighted by molar-refractivity contribution is 5.94. The number of pyridine rings is 1. The van der Waals surface area contributed by atoms with E-state index in [0.29, 0.717) is 24.2 Å². The maximum absolute atomic E-state index is 13.1. The average molecular weight is 325 g/mol. The number of carbonyl (C=O) groups is 1. The second kappa shape index (κ2) is 7.45. The molecular formula is C17H16FN5O. The molecule has 0 aliphatic carbocycles. The minimum absolute atomic E-state index is 0.205. The van der Waals surface area contributed by atoms with Crippen LogP contribution in [0.3, 0.4) is 0 Å². The monoisotopic (exact) mass is 325 g/mol. The summed E-state index contributed by atoms with van der Waals surface area (Å²) in [4.78, 5) is 16.2. The number of hydrogen-bond donors (Lipinski definition) is 1. The third-order valence-electron chi connectivity index (χ3n) is 3.49. The molecule has 0 saturated carbocycles. The molecule has 6 nitrogen and oxygen atoms in total. The van der Waals surface area contributed by atoms with Crippen LogP contribution in [0.1, 0.15) is 22.3 Å². The van der Waals surface area contributed by atoms with E-state index in [1.807, 2.05) is 6.07 Å². The highest BCUT2D eigenvalue weighted by atomic mass is 19.1. The van der Waals surface area contributed by atoms with Gasteiger partial charge in [0.25, 0.3) is 5.91 Å². The van der Waals surface area contributed by atoms with Crippen molar-refractivity contribution in [1.29, 1.82) is 0 Å². The topological polar surface area (TPSA) is 72.7 Å². The van der Waals surface area contributed by atoms with E-state index in [2.05, 4.69) is 20.6 Å². The van der Waals surface area contributed by atoms with Crippen molar-refractivity contribution in [3.05, 3.63) is 72.1 Å². The number of benzene rings is 1. The molecule has 24 heavy (non-hydrogen) atoms. The van der Waals surface area contributed by atoms with Crippen molar-refractivity contribution >= 4 is 5.91 Å². The van der Waals surface area contributed by atoms with E-state index < -0.39 is 0 Å². The standard InChI is InChI=1S/C17H16FN5O/c18-15-5-1-3-13(9-15)4-2-6-20-17(24)14-10-16(12-19-11-14)23-8-7-21-22-23/h1,3,5,7-12H,2,4,6H2,(H,20,24). The van der Waals surface area contributed by atoms with E-state index in [9.17, 15) is 9.18 Å². The normalized spacial score (nSPS) is 10.5. The van der Waals surface area contributed by atoms with Crippen molar-refractivity contribution in [2.45, 2.75) is 12.8 Å². The van der Waals surface area contributed by atoms with Crippen LogP contribution in [-0.4, -0.2) is 32.4 Å². The van der Waals surface area contributed by atoms with Crippen molar-refractivity contribution in [2.75, 3.05) is 6.54 Å². The summed E-state index contributed by atoms with van der Waals surface area (Å²) in [6.45, 7) is 0.503. The maximum atomic E-state index is 13.1. The molecule has 2 aromatic heterocycles. The summed E-state index contributed by atoms with van der Waals surface area (Å²) in [6, 6.07) is 8.18. The van der Waals surface area contributed by atoms with Crippen molar-refractivity contribution in [2.24, 2.45) is 0 Å². The lowest BCUT2D eigenvalue weighted by molar-refractivity contribution is 0.0953. The molecule has 1 aromatic carbocycles. The van der Waals surface area contributed by atoms with E-state index >= 15 is 0 Å².